The summed E-state index contributed by atoms with van der Waals surface area (Å²) in [7, 11) is -3.51. The second-order valence-corrected chi connectivity index (χ2v) is 10.6. The third-order valence-electron chi connectivity index (χ3n) is 6.66. The summed E-state index contributed by atoms with van der Waals surface area (Å²) >= 11 is 0. The Bertz CT molecular complexity index is 1180. The van der Waals surface area contributed by atoms with Gasteiger partial charge in [0.1, 0.15) is 5.82 Å². The number of nitrogens with zero attached hydrogens (tertiary/aromatic N) is 2. The number of halogens is 2. The molecule has 5 rings (SSSR count). The Morgan fingerprint density at radius 3 is 2.09 bits per heavy atom. The molecule has 0 atom stereocenters. The summed E-state index contributed by atoms with van der Waals surface area (Å²) in [4.78, 5) is 7.96. The van der Waals surface area contributed by atoms with Crippen molar-refractivity contribution in [3.8, 4) is 11.1 Å². The van der Waals surface area contributed by atoms with Gasteiger partial charge in [-0.1, -0.05) is 43.2 Å². The van der Waals surface area contributed by atoms with Crippen LogP contribution in [-0.4, -0.2) is 39.6 Å². The molecule has 8 heteroatoms. The van der Waals surface area contributed by atoms with Gasteiger partial charge in [-0.15, -0.1) is 24.8 Å². The van der Waals surface area contributed by atoms with Gasteiger partial charge in [0.05, 0.1) is 9.79 Å². The SMILES string of the molecule is Cl.Cl.O=S(=O)(c1ccccc1)c1ccc(-c2cnc(N3CCNCC3)c(C3CCCC3)c2)cc1. The lowest BCUT2D eigenvalue weighted by Crippen LogP contribution is -2.44. The standard InChI is InChI=1S/C26H29N3O2S.2ClH/c30-32(31,23-8-2-1-3-9-23)24-12-10-20(11-13-24)22-18-25(21-6-4-5-7-21)26(28-19-22)29-16-14-27-15-17-29;;/h1-3,8-13,18-19,21,27H,4-7,14-17H2;2*1H. The molecule has 34 heavy (non-hydrogen) atoms. The molecular weight excluding hydrogens is 489 g/mol. The lowest BCUT2D eigenvalue weighted by molar-refractivity contribution is 0.579. The summed E-state index contributed by atoms with van der Waals surface area (Å²) in [6.45, 7) is 3.95. The first-order valence-electron chi connectivity index (χ1n) is 11.5. The second-order valence-electron chi connectivity index (χ2n) is 8.70. The first-order chi connectivity index (χ1) is 15.6. The summed E-state index contributed by atoms with van der Waals surface area (Å²) in [6, 6.07) is 18.1. The molecule has 3 aromatic rings. The Labute approximate surface area is 214 Å². The van der Waals surface area contributed by atoms with E-state index in [-0.39, 0.29) is 24.8 Å². The van der Waals surface area contributed by atoms with Crippen LogP contribution in [0, 0.1) is 0 Å². The maximum atomic E-state index is 12.9. The van der Waals surface area contributed by atoms with Gasteiger partial charge in [-0.05, 0) is 60.2 Å². The van der Waals surface area contributed by atoms with Crippen LogP contribution in [0.5, 0.6) is 0 Å². The van der Waals surface area contributed by atoms with E-state index in [0.29, 0.717) is 15.7 Å². The van der Waals surface area contributed by atoms with E-state index in [1.165, 1.54) is 31.2 Å². The minimum atomic E-state index is -3.51. The van der Waals surface area contributed by atoms with Crippen molar-refractivity contribution in [1.29, 1.82) is 0 Å². The van der Waals surface area contributed by atoms with Crippen molar-refractivity contribution >= 4 is 40.5 Å². The topological polar surface area (TPSA) is 62.3 Å². The van der Waals surface area contributed by atoms with Crippen molar-refractivity contribution in [2.45, 2.75) is 41.4 Å². The molecule has 5 nitrogen and oxygen atoms in total. The number of hydrogen-bond donors (Lipinski definition) is 1. The van der Waals surface area contributed by atoms with Crippen LogP contribution in [0.15, 0.2) is 76.7 Å². The molecule has 0 amide bonds. The second kappa shape index (κ2) is 11.5. The van der Waals surface area contributed by atoms with Crippen molar-refractivity contribution in [3.63, 3.8) is 0 Å². The van der Waals surface area contributed by atoms with Crippen LogP contribution in [0.3, 0.4) is 0 Å². The zero-order chi connectivity index (χ0) is 22.0. The van der Waals surface area contributed by atoms with Gasteiger partial charge in [-0.2, -0.15) is 0 Å². The molecular formula is C26H31Cl2N3O2S. The molecule has 0 bridgehead atoms. The van der Waals surface area contributed by atoms with Crippen molar-refractivity contribution in [1.82, 2.24) is 10.3 Å². The number of piperazine rings is 1. The molecule has 1 saturated carbocycles. The summed E-state index contributed by atoms with van der Waals surface area (Å²) in [5, 5.41) is 3.42. The molecule has 0 spiro atoms. The van der Waals surface area contributed by atoms with E-state index in [0.717, 1.165) is 43.1 Å². The van der Waals surface area contributed by atoms with Gasteiger partial charge in [0, 0.05) is 37.9 Å². The molecule has 2 fully saturated rings. The molecule has 182 valence electrons. The van der Waals surface area contributed by atoms with E-state index in [9.17, 15) is 8.42 Å². The van der Waals surface area contributed by atoms with E-state index in [2.05, 4.69) is 16.3 Å². The molecule has 1 saturated heterocycles. The number of sulfone groups is 1. The van der Waals surface area contributed by atoms with Crippen LogP contribution < -0.4 is 10.2 Å². The Morgan fingerprint density at radius 1 is 0.824 bits per heavy atom. The maximum absolute atomic E-state index is 12.9. The monoisotopic (exact) mass is 519 g/mol. The molecule has 2 heterocycles. The van der Waals surface area contributed by atoms with Crippen molar-refractivity contribution < 1.29 is 8.42 Å². The minimum Gasteiger partial charge on any atom is -0.354 e. The summed E-state index contributed by atoms with van der Waals surface area (Å²) in [5.41, 5.74) is 3.40. The van der Waals surface area contributed by atoms with Gasteiger partial charge in [0.15, 0.2) is 0 Å². The average Bonchev–Trinajstić information content (AvgIpc) is 3.40. The van der Waals surface area contributed by atoms with E-state index >= 15 is 0 Å². The smallest absolute Gasteiger partial charge is 0.206 e. The summed E-state index contributed by atoms with van der Waals surface area (Å²) in [6.07, 6.45) is 6.94. The fourth-order valence-electron chi connectivity index (χ4n) is 4.87. The zero-order valence-corrected chi connectivity index (χ0v) is 21.5. The molecule has 1 aromatic heterocycles. The largest absolute Gasteiger partial charge is 0.354 e. The molecule has 2 aliphatic rings. The number of nitrogens with one attached hydrogen (secondary N) is 1. The van der Waals surface area contributed by atoms with Gasteiger partial charge in [0.2, 0.25) is 9.84 Å². The average molecular weight is 521 g/mol. The van der Waals surface area contributed by atoms with Crippen LogP contribution >= 0.6 is 24.8 Å². The Morgan fingerprint density at radius 2 is 1.44 bits per heavy atom. The predicted molar refractivity (Wildman–Crippen MR) is 142 cm³/mol. The third kappa shape index (κ3) is 5.41. The van der Waals surface area contributed by atoms with Crippen LogP contribution in [0.1, 0.15) is 37.2 Å². The minimum absolute atomic E-state index is 0. The number of benzene rings is 2. The number of pyridine rings is 1. The highest BCUT2D eigenvalue weighted by Crippen LogP contribution is 2.40. The van der Waals surface area contributed by atoms with Gasteiger partial charge in [0.25, 0.3) is 0 Å². The lowest BCUT2D eigenvalue weighted by atomic mass is 9.94. The van der Waals surface area contributed by atoms with E-state index in [4.69, 9.17) is 4.98 Å². The molecule has 0 unspecified atom stereocenters. The molecule has 1 aliphatic carbocycles. The first-order valence-corrected chi connectivity index (χ1v) is 13.0. The first kappa shape index (κ1) is 26.5. The van der Waals surface area contributed by atoms with Gasteiger partial charge >= 0.3 is 0 Å². The van der Waals surface area contributed by atoms with Gasteiger partial charge in [-0.25, -0.2) is 13.4 Å². The van der Waals surface area contributed by atoms with E-state index in [1.54, 1.807) is 36.4 Å². The van der Waals surface area contributed by atoms with Crippen LogP contribution in [0.25, 0.3) is 11.1 Å². The fraction of sp³-hybridized carbons (Fsp3) is 0.346. The van der Waals surface area contributed by atoms with Crippen molar-refractivity contribution in [2.75, 3.05) is 31.1 Å². The zero-order valence-electron chi connectivity index (χ0n) is 19.0. The Balaban J connectivity index is 0.00000162. The highest BCUT2D eigenvalue weighted by Gasteiger charge is 2.25. The Kier molecular flexibility index (Phi) is 8.99. The van der Waals surface area contributed by atoms with Crippen molar-refractivity contribution in [2.24, 2.45) is 0 Å². The van der Waals surface area contributed by atoms with Crippen LogP contribution in [0.4, 0.5) is 5.82 Å². The Hall–Kier alpha value is -2.12. The molecule has 2 aromatic carbocycles. The fourth-order valence-corrected chi connectivity index (χ4v) is 6.15. The van der Waals surface area contributed by atoms with Crippen LogP contribution in [-0.2, 0) is 9.84 Å². The molecule has 0 radical (unpaired) electrons. The summed E-state index contributed by atoms with van der Waals surface area (Å²) < 4.78 is 25.8. The summed E-state index contributed by atoms with van der Waals surface area (Å²) in [5.74, 6) is 1.69. The predicted octanol–water partition coefficient (Wildman–Crippen LogP) is 5.49. The molecule has 1 N–H and O–H groups in total. The number of aromatic nitrogens is 1. The lowest BCUT2D eigenvalue weighted by Gasteiger charge is -2.31. The van der Waals surface area contributed by atoms with Crippen molar-refractivity contribution in [3.05, 3.63) is 72.4 Å². The third-order valence-corrected chi connectivity index (χ3v) is 8.44. The maximum Gasteiger partial charge on any atom is 0.206 e. The van der Waals surface area contributed by atoms with Gasteiger partial charge in [-0.3, -0.25) is 0 Å². The highest BCUT2D eigenvalue weighted by atomic mass is 35.5. The number of anilines is 1. The van der Waals surface area contributed by atoms with E-state index in [1.807, 2.05) is 24.4 Å². The molecule has 1 aliphatic heterocycles. The number of rotatable bonds is 5. The highest BCUT2D eigenvalue weighted by molar-refractivity contribution is 7.91. The van der Waals surface area contributed by atoms with Gasteiger partial charge < -0.3 is 10.2 Å². The quantitative estimate of drug-likeness (QED) is 0.482. The van der Waals surface area contributed by atoms with E-state index < -0.39 is 9.84 Å². The number of hydrogen-bond acceptors (Lipinski definition) is 5. The van der Waals surface area contributed by atoms with Crippen LogP contribution in [0.2, 0.25) is 0 Å². The normalized spacial score (nSPS) is 16.5.